The predicted molar refractivity (Wildman–Crippen MR) is 158 cm³/mol. The molecule has 4 aromatic rings. The summed E-state index contributed by atoms with van der Waals surface area (Å²) in [4.78, 5) is 17.9. The number of nitrogens with zero attached hydrogens (tertiary/aromatic N) is 5. The largest absolute Gasteiger partial charge is 0.508 e. The van der Waals surface area contributed by atoms with E-state index in [1.54, 1.807) is 0 Å². The fraction of sp³-hybridized carbons (Fsp3) is 0.364. The number of ether oxygens (including phenoxy) is 2. The second kappa shape index (κ2) is 10.3. The standard InChI is InChI=1S/C33H28F3N5O3/c1-2-22-24(35)9-8-17-13-21(42)14-23(25(17)22)28-27(36)29-26-30(41-11-4-3-7-20(41)16-43-31(26)37-28)39-33(38-29)44-32-18-6-5-10-40(32)15-19(34)12-18/h1,4,8-9,11,13-14,18-20,32,42H,3,5-7,10,12,15-16H2/t18-,19-,20+,32?/m1/s1. The van der Waals surface area contributed by atoms with Crippen LogP contribution < -0.4 is 14.4 Å². The van der Waals surface area contributed by atoms with Crippen molar-refractivity contribution in [3.8, 4) is 41.2 Å². The monoisotopic (exact) mass is 599 g/mol. The summed E-state index contributed by atoms with van der Waals surface area (Å²) in [5.74, 6) is 1.17. The third-order valence-electron chi connectivity index (χ3n) is 9.15. The van der Waals surface area contributed by atoms with E-state index in [0.29, 0.717) is 24.2 Å². The first-order chi connectivity index (χ1) is 21.4. The van der Waals surface area contributed by atoms with E-state index < -0.39 is 24.0 Å². The molecule has 0 amide bonds. The lowest BCUT2D eigenvalue weighted by molar-refractivity contribution is -0.0989. The minimum Gasteiger partial charge on any atom is -0.508 e. The fourth-order valence-electron chi connectivity index (χ4n) is 7.19. The van der Waals surface area contributed by atoms with Crippen LogP contribution in [0, 0.1) is 29.9 Å². The zero-order valence-corrected chi connectivity index (χ0v) is 23.6. The van der Waals surface area contributed by atoms with Crippen LogP contribution in [0.1, 0.15) is 37.7 Å². The molecule has 1 N–H and O–H groups in total. The van der Waals surface area contributed by atoms with Crippen LogP contribution in [0.15, 0.2) is 36.5 Å². The summed E-state index contributed by atoms with van der Waals surface area (Å²) in [6, 6.07) is 5.27. The molecule has 2 aromatic carbocycles. The van der Waals surface area contributed by atoms with Gasteiger partial charge in [-0.2, -0.15) is 9.97 Å². The number of terminal acetylenes is 1. The van der Waals surface area contributed by atoms with Gasteiger partial charge in [0, 0.05) is 36.2 Å². The number of fused-ring (bicyclic) bond motifs is 5. The van der Waals surface area contributed by atoms with Crippen LogP contribution in [-0.2, 0) is 0 Å². The van der Waals surface area contributed by atoms with Crippen molar-refractivity contribution in [2.45, 2.75) is 50.5 Å². The first-order valence-corrected chi connectivity index (χ1v) is 14.9. The molecule has 224 valence electrons. The third kappa shape index (κ3) is 4.23. The normalized spacial score (nSPS) is 25.7. The lowest BCUT2D eigenvalue weighted by Crippen LogP contribution is -2.55. The molecule has 4 aliphatic heterocycles. The van der Waals surface area contributed by atoms with Crippen molar-refractivity contribution in [3.05, 3.63) is 53.7 Å². The van der Waals surface area contributed by atoms with E-state index in [1.807, 2.05) is 22.1 Å². The maximum absolute atomic E-state index is 16.9. The Morgan fingerprint density at radius 3 is 2.84 bits per heavy atom. The highest BCUT2D eigenvalue weighted by molar-refractivity contribution is 6.04. The highest BCUT2D eigenvalue weighted by atomic mass is 19.1. The summed E-state index contributed by atoms with van der Waals surface area (Å²) in [5.41, 5.74) is -0.290. The molecule has 2 fully saturated rings. The van der Waals surface area contributed by atoms with Crippen LogP contribution in [0.25, 0.3) is 32.9 Å². The van der Waals surface area contributed by atoms with Crippen molar-refractivity contribution in [1.82, 2.24) is 19.9 Å². The number of allylic oxidation sites excluding steroid dienone is 1. The van der Waals surface area contributed by atoms with Crippen LogP contribution in [0.3, 0.4) is 0 Å². The van der Waals surface area contributed by atoms with E-state index in [9.17, 15) is 13.9 Å². The first kappa shape index (κ1) is 27.0. The van der Waals surface area contributed by atoms with E-state index >= 15 is 4.39 Å². The molecule has 2 aromatic heterocycles. The number of alkyl halides is 1. The second-order valence-electron chi connectivity index (χ2n) is 11.9. The van der Waals surface area contributed by atoms with Crippen molar-refractivity contribution < 1.29 is 27.8 Å². The summed E-state index contributed by atoms with van der Waals surface area (Å²) in [7, 11) is 0. The molecular weight excluding hydrogens is 571 g/mol. The SMILES string of the molecule is C#Cc1c(F)ccc2cc(O)cc(-c3nc4c5c(nc(OC6[C@@H]7CCCN6C[C@H](F)C7)nc5c3F)N3C=CCC[C@H]3CO4)c12. The topological polar surface area (TPSA) is 83.8 Å². The molecule has 8 rings (SSSR count). The number of halogens is 3. The van der Waals surface area contributed by atoms with Gasteiger partial charge < -0.3 is 19.5 Å². The van der Waals surface area contributed by atoms with Gasteiger partial charge in [0.05, 0.1) is 11.6 Å². The summed E-state index contributed by atoms with van der Waals surface area (Å²) in [5, 5.41) is 11.5. The van der Waals surface area contributed by atoms with Gasteiger partial charge in [-0.1, -0.05) is 18.1 Å². The highest BCUT2D eigenvalue weighted by Gasteiger charge is 2.41. The molecule has 2 unspecified atom stereocenters. The Bertz CT molecular complexity index is 1900. The minimum absolute atomic E-state index is 0.0375. The number of benzene rings is 2. The van der Waals surface area contributed by atoms with Crippen molar-refractivity contribution >= 4 is 27.5 Å². The van der Waals surface area contributed by atoms with Gasteiger partial charge >= 0.3 is 6.01 Å². The number of anilines is 1. The van der Waals surface area contributed by atoms with E-state index in [1.165, 1.54) is 24.3 Å². The number of phenolic OH excluding ortho intramolecular Hbond substituents is 1. The Kier molecular flexibility index (Phi) is 6.31. The molecule has 8 nitrogen and oxygen atoms in total. The molecule has 5 atom stereocenters. The first-order valence-electron chi connectivity index (χ1n) is 14.9. The van der Waals surface area contributed by atoms with E-state index in [2.05, 4.69) is 15.9 Å². The molecule has 11 heteroatoms. The smallest absolute Gasteiger partial charge is 0.320 e. The summed E-state index contributed by atoms with van der Waals surface area (Å²) >= 11 is 0. The van der Waals surface area contributed by atoms with Gasteiger partial charge in [-0.05, 0) is 55.7 Å². The minimum atomic E-state index is -0.928. The predicted octanol–water partition coefficient (Wildman–Crippen LogP) is 5.84. The molecular formula is C33H28F3N5O3. The number of phenols is 1. The van der Waals surface area contributed by atoms with E-state index in [0.717, 1.165) is 25.7 Å². The lowest BCUT2D eigenvalue weighted by atomic mass is 9.86. The Labute approximate surface area is 251 Å². The number of hydrogen-bond acceptors (Lipinski definition) is 8. The second-order valence-corrected chi connectivity index (χ2v) is 11.9. The maximum atomic E-state index is 16.9. The van der Waals surface area contributed by atoms with Crippen molar-refractivity contribution in [2.24, 2.45) is 5.92 Å². The van der Waals surface area contributed by atoms with Crippen LogP contribution in [0.5, 0.6) is 17.6 Å². The Morgan fingerprint density at radius 2 is 2.00 bits per heavy atom. The van der Waals surface area contributed by atoms with E-state index in [4.69, 9.17) is 20.9 Å². The number of piperidine rings is 2. The summed E-state index contributed by atoms with van der Waals surface area (Å²) < 4.78 is 58.8. The van der Waals surface area contributed by atoms with Crippen LogP contribution >= 0.6 is 0 Å². The Balaban J connectivity index is 1.36. The van der Waals surface area contributed by atoms with Gasteiger partial charge in [-0.25, -0.2) is 18.2 Å². The molecule has 2 saturated heterocycles. The van der Waals surface area contributed by atoms with Crippen molar-refractivity contribution in [3.63, 3.8) is 0 Å². The Hall–Kier alpha value is -4.56. The molecule has 4 aliphatic rings. The molecule has 2 bridgehead atoms. The molecule has 0 spiro atoms. The van der Waals surface area contributed by atoms with Crippen LogP contribution in [0.4, 0.5) is 19.0 Å². The number of pyridine rings is 1. The van der Waals surface area contributed by atoms with Crippen LogP contribution in [0.2, 0.25) is 0 Å². The zero-order chi connectivity index (χ0) is 30.1. The van der Waals surface area contributed by atoms with Gasteiger partial charge in [-0.3, -0.25) is 4.90 Å². The number of hydrogen-bond donors (Lipinski definition) is 1. The maximum Gasteiger partial charge on any atom is 0.320 e. The summed E-state index contributed by atoms with van der Waals surface area (Å²) in [6.07, 6.45) is 12.0. The number of aromatic nitrogens is 3. The zero-order valence-electron chi connectivity index (χ0n) is 23.6. The van der Waals surface area contributed by atoms with Gasteiger partial charge in [0.1, 0.15) is 40.9 Å². The van der Waals surface area contributed by atoms with Crippen molar-refractivity contribution in [2.75, 3.05) is 24.6 Å². The average Bonchev–Trinajstić information content (AvgIpc) is 3.16. The van der Waals surface area contributed by atoms with E-state index in [-0.39, 0.29) is 75.9 Å². The molecule has 0 radical (unpaired) electrons. The highest BCUT2D eigenvalue weighted by Crippen LogP contribution is 2.44. The fourth-order valence-corrected chi connectivity index (χ4v) is 7.19. The molecule has 44 heavy (non-hydrogen) atoms. The quantitative estimate of drug-likeness (QED) is 0.294. The number of aromatic hydroxyl groups is 1. The molecule has 0 saturated carbocycles. The lowest BCUT2D eigenvalue weighted by Gasteiger charge is -2.45. The van der Waals surface area contributed by atoms with Gasteiger partial charge in [0.15, 0.2) is 17.9 Å². The van der Waals surface area contributed by atoms with Gasteiger partial charge in [-0.15, -0.1) is 6.42 Å². The van der Waals surface area contributed by atoms with Gasteiger partial charge in [0.2, 0.25) is 5.88 Å². The average molecular weight is 600 g/mol. The third-order valence-corrected chi connectivity index (χ3v) is 9.15. The van der Waals surface area contributed by atoms with Crippen LogP contribution in [-0.4, -0.2) is 63.1 Å². The Morgan fingerprint density at radius 1 is 1.11 bits per heavy atom. The summed E-state index contributed by atoms with van der Waals surface area (Å²) in [6.45, 7) is 1.21. The molecule has 0 aliphatic carbocycles. The van der Waals surface area contributed by atoms with Crippen molar-refractivity contribution in [1.29, 1.82) is 0 Å². The van der Waals surface area contributed by atoms with Gasteiger partial charge in [0.25, 0.3) is 0 Å². The molecule has 6 heterocycles. The number of rotatable bonds is 3.